The molecule has 0 fully saturated rings. The lowest BCUT2D eigenvalue weighted by molar-refractivity contribution is -0.120. The SMILES string of the molecule is COc1cccc(/C=N/NC(=O)Cc2csc(N)n2)c1OCc1ccc(C)cc1. The fourth-order valence-electron chi connectivity index (χ4n) is 2.57. The lowest BCUT2D eigenvalue weighted by atomic mass is 10.1. The number of ether oxygens (including phenoxy) is 2. The van der Waals surface area contributed by atoms with Crippen LogP contribution in [0.25, 0.3) is 0 Å². The number of benzene rings is 2. The smallest absolute Gasteiger partial charge is 0.246 e. The summed E-state index contributed by atoms with van der Waals surface area (Å²) in [4.78, 5) is 16.1. The van der Waals surface area contributed by atoms with Gasteiger partial charge in [0.2, 0.25) is 5.91 Å². The molecule has 0 saturated heterocycles. The summed E-state index contributed by atoms with van der Waals surface area (Å²) in [5.41, 5.74) is 11.6. The van der Waals surface area contributed by atoms with Gasteiger partial charge in [-0.25, -0.2) is 10.4 Å². The van der Waals surface area contributed by atoms with E-state index in [2.05, 4.69) is 15.5 Å². The molecule has 7 nitrogen and oxygen atoms in total. The molecule has 0 unspecified atom stereocenters. The molecule has 3 aromatic rings. The zero-order valence-corrected chi connectivity index (χ0v) is 17.0. The first kappa shape index (κ1) is 20.3. The third-order valence-corrected chi connectivity index (χ3v) is 4.76. The van der Waals surface area contributed by atoms with Crippen molar-refractivity contribution in [1.29, 1.82) is 0 Å². The standard InChI is InChI=1S/C21H22N4O3S/c1-14-6-8-15(9-7-14)12-28-20-16(4-3-5-18(20)27-2)11-23-25-19(26)10-17-13-29-21(22)24-17/h3-9,11,13H,10,12H2,1-2H3,(H2,22,24)(H,25,26)/b23-11+. The van der Waals surface area contributed by atoms with Gasteiger partial charge in [-0.15, -0.1) is 11.3 Å². The van der Waals surface area contributed by atoms with Crippen LogP contribution in [0.2, 0.25) is 0 Å². The average molecular weight is 410 g/mol. The van der Waals surface area contributed by atoms with Gasteiger partial charge in [-0.1, -0.05) is 35.9 Å². The van der Waals surface area contributed by atoms with Gasteiger partial charge in [0.1, 0.15) is 6.61 Å². The minimum atomic E-state index is -0.281. The van der Waals surface area contributed by atoms with Gasteiger partial charge in [-0.05, 0) is 24.6 Å². The van der Waals surface area contributed by atoms with Crippen LogP contribution in [0.5, 0.6) is 11.5 Å². The predicted molar refractivity (Wildman–Crippen MR) is 114 cm³/mol. The van der Waals surface area contributed by atoms with Crippen LogP contribution in [-0.4, -0.2) is 24.2 Å². The molecule has 1 aromatic heterocycles. The highest BCUT2D eigenvalue weighted by molar-refractivity contribution is 7.13. The van der Waals surface area contributed by atoms with Gasteiger partial charge in [-0.2, -0.15) is 5.10 Å². The Bertz CT molecular complexity index is 999. The van der Waals surface area contributed by atoms with Crippen LogP contribution in [-0.2, 0) is 17.8 Å². The number of anilines is 1. The van der Waals surface area contributed by atoms with Crippen molar-refractivity contribution in [3.8, 4) is 11.5 Å². The Morgan fingerprint density at radius 2 is 2.07 bits per heavy atom. The van der Waals surface area contributed by atoms with Gasteiger partial charge in [0.05, 0.1) is 25.4 Å². The van der Waals surface area contributed by atoms with E-state index in [-0.39, 0.29) is 12.3 Å². The van der Waals surface area contributed by atoms with Crippen LogP contribution >= 0.6 is 11.3 Å². The summed E-state index contributed by atoms with van der Waals surface area (Å²) in [5.74, 6) is 0.864. The van der Waals surface area contributed by atoms with Crippen LogP contribution in [0, 0.1) is 6.92 Å². The summed E-state index contributed by atoms with van der Waals surface area (Å²) in [5, 5.41) is 6.21. The van der Waals surface area contributed by atoms with Gasteiger partial charge >= 0.3 is 0 Å². The highest BCUT2D eigenvalue weighted by Crippen LogP contribution is 2.30. The monoisotopic (exact) mass is 410 g/mol. The fraction of sp³-hybridized carbons (Fsp3) is 0.190. The molecule has 0 bridgehead atoms. The first-order valence-corrected chi connectivity index (χ1v) is 9.80. The molecule has 0 saturated carbocycles. The molecule has 3 rings (SSSR count). The van der Waals surface area contributed by atoms with Crippen molar-refractivity contribution in [2.45, 2.75) is 20.0 Å². The molecule has 0 aliphatic rings. The van der Waals surface area contributed by atoms with E-state index < -0.39 is 0 Å². The number of aromatic nitrogens is 1. The molecule has 2 aromatic carbocycles. The van der Waals surface area contributed by atoms with E-state index in [0.717, 1.165) is 5.56 Å². The minimum Gasteiger partial charge on any atom is -0.493 e. The normalized spacial score (nSPS) is 10.8. The maximum atomic E-state index is 12.0. The third-order valence-electron chi connectivity index (χ3n) is 4.04. The van der Waals surface area contributed by atoms with Crippen LogP contribution < -0.4 is 20.6 Å². The van der Waals surface area contributed by atoms with E-state index >= 15 is 0 Å². The second-order valence-electron chi connectivity index (χ2n) is 6.30. The average Bonchev–Trinajstić information content (AvgIpc) is 3.12. The number of hydrogen-bond acceptors (Lipinski definition) is 7. The highest BCUT2D eigenvalue weighted by atomic mass is 32.1. The van der Waals surface area contributed by atoms with Gasteiger partial charge in [0, 0.05) is 10.9 Å². The Balaban J connectivity index is 1.66. The van der Waals surface area contributed by atoms with Gasteiger partial charge in [0.15, 0.2) is 16.6 Å². The summed E-state index contributed by atoms with van der Waals surface area (Å²) in [7, 11) is 1.58. The Kier molecular flexibility index (Phi) is 6.80. The molecule has 29 heavy (non-hydrogen) atoms. The first-order chi connectivity index (χ1) is 14.0. The number of nitrogens with two attached hydrogens (primary N) is 1. The van der Waals surface area contributed by atoms with E-state index in [1.807, 2.05) is 49.4 Å². The van der Waals surface area contributed by atoms with E-state index in [4.69, 9.17) is 15.2 Å². The number of carbonyl (C=O) groups excluding carboxylic acids is 1. The largest absolute Gasteiger partial charge is 0.493 e. The number of para-hydroxylation sites is 1. The number of nitrogens with one attached hydrogen (secondary N) is 1. The number of amides is 1. The maximum Gasteiger partial charge on any atom is 0.246 e. The lowest BCUT2D eigenvalue weighted by Gasteiger charge is -2.13. The van der Waals surface area contributed by atoms with Crippen molar-refractivity contribution in [3.63, 3.8) is 0 Å². The number of hydrazone groups is 1. The molecule has 8 heteroatoms. The molecule has 0 atom stereocenters. The molecule has 0 aliphatic carbocycles. The van der Waals surface area contributed by atoms with Crippen molar-refractivity contribution in [1.82, 2.24) is 10.4 Å². The van der Waals surface area contributed by atoms with Crippen molar-refractivity contribution < 1.29 is 14.3 Å². The van der Waals surface area contributed by atoms with E-state index in [1.165, 1.54) is 23.1 Å². The summed E-state index contributed by atoms with van der Waals surface area (Å²) in [6, 6.07) is 13.6. The third kappa shape index (κ3) is 5.79. The van der Waals surface area contributed by atoms with Gasteiger partial charge in [0.25, 0.3) is 0 Å². The Morgan fingerprint density at radius 1 is 1.28 bits per heavy atom. The van der Waals surface area contributed by atoms with E-state index in [9.17, 15) is 4.79 Å². The van der Waals surface area contributed by atoms with E-state index in [0.29, 0.717) is 34.5 Å². The minimum absolute atomic E-state index is 0.111. The number of hydrogen-bond donors (Lipinski definition) is 2. The number of aryl methyl sites for hydroxylation is 1. The zero-order valence-electron chi connectivity index (χ0n) is 16.2. The Hall–Kier alpha value is -3.39. The van der Waals surface area contributed by atoms with Crippen molar-refractivity contribution in [3.05, 3.63) is 70.2 Å². The molecule has 0 aliphatic heterocycles. The molecule has 0 spiro atoms. The van der Waals surface area contributed by atoms with Crippen LogP contribution in [0.15, 0.2) is 52.9 Å². The highest BCUT2D eigenvalue weighted by Gasteiger charge is 2.10. The molecule has 3 N–H and O–H groups in total. The van der Waals surface area contributed by atoms with Crippen molar-refractivity contribution in [2.24, 2.45) is 5.10 Å². The topological polar surface area (TPSA) is 98.8 Å². The zero-order chi connectivity index (χ0) is 20.6. The summed E-state index contributed by atoms with van der Waals surface area (Å²) in [6.45, 7) is 2.43. The molecule has 150 valence electrons. The second-order valence-corrected chi connectivity index (χ2v) is 7.19. The number of nitrogen functional groups attached to an aromatic ring is 1. The Labute approximate surface area is 173 Å². The Morgan fingerprint density at radius 3 is 2.76 bits per heavy atom. The number of methoxy groups -OCH3 is 1. The molecular weight excluding hydrogens is 388 g/mol. The molecule has 0 radical (unpaired) electrons. The summed E-state index contributed by atoms with van der Waals surface area (Å²) >= 11 is 1.30. The van der Waals surface area contributed by atoms with Crippen LogP contribution in [0.3, 0.4) is 0 Å². The predicted octanol–water partition coefficient (Wildman–Crippen LogP) is 3.31. The number of carbonyl (C=O) groups is 1. The van der Waals surface area contributed by atoms with Crippen LogP contribution in [0.4, 0.5) is 5.13 Å². The van der Waals surface area contributed by atoms with Gasteiger partial charge in [-0.3, -0.25) is 4.79 Å². The van der Waals surface area contributed by atoms with Crippen LogP contribution in [0.1, 0.15) is 22.4 Å². The van der Waals surface area contributed by atoms with E-state index in [1.54, 1.807) is 12.5 Å². The number of thiazole rings is 1. The van der Waals surface area contributed by atoms with Crippen molar-refractivity contribution >= 4 is 28.6 Å². The molecule has 1 amide bonds. The summed E-state index contributed by atoms with van der Waals surface area (Å²) < 4.78 is 11.4. The first-order valence-electron chi connectivity index (χ1n) is 8.92. The lowest BCUT2D eigenvalue weighted by Crippen LogP contribution is -2.20. The number of nitrogens with zero attached hydrogens (tertiary/aromatic N) is 2. The molecular formula is C21H22N4O3S. The second kappa shape index (κ2) is 9.70. The quantitative estimate of drug-likeness (QED) is 0.438. The van der Waals surface area contributed by atoms with Crippen molar-refractivity contribution in [2.75, 3.05) is 12.8 Å². The maximum absolute atomic E-state index is 12.0. The molecule has 1 heterocycles. The van der Waals surface area contributed by atoms with Gasteiger partial charge < -0.3 is 15.2 Å². The fourth-order valence-corrected chi connectivity index (χ4v) is 3.13. The summed E-state index contributed by atoms with van der Waals surface area (Å²) in [6.07, 6.45) is 1.64. The number of rotatable bonds is 8.